The van der Waals surface area contributed by atoms with E-state index in [0.717, 1.165) is 5.56 Å². The standard InChI is InChI=1S/C18H23N3O4/c1-3-12(2)15(17(22)23)20-16(18(24)25)14-9-19-11-21(14)10-13-7-5-4-6-8-13/h4-9,11-12,15-16,20H,3,10H2,1-2H3,(H,22,23)(H,24,25)/t12?,15?,16-/m0/s1. The summed E-state index contributed by atoms with van der Waals surface area (Å²) in [5, 5.41) is 21.8. The minimum atomic E-state index is -1.15. The predicted molar refractivity (Wildman–Crippen MR) is 92.2 cm³/mol. The number of nitrogens with one attached hydrogen (secondary N) is 1. The summed E-state index contributed by atoms with van der Waals surface area (Å²) in [6, 6.07) is 7.49. The molecule has 2 rings (SSSR count). The van der Waals surface area contributed by atoms with E-state index in [0.29, 0.717) is 18.7 Å². The number of aliphatic carboxylic acids is 2. The number of hydrogen-bond acceptors (Lipinski definition) is 4. The summed E-state index contributed by atoms with van der Waals surface area (Å²) in [5.41, 5.74) is 1.42. The molecule has 25 heavy (non-hydrogen) atoms. The molecular weight excluding hydrogens is 322 g/mol. The van der Waals surface area contributed by atoms with Gasteiger partial charge in [0.25, 0.3) is 0 Å². The Morgan fingerprint density at radius 3 is 2.44 bits per heavy atom. The molecule has 2 aromatic rings. The van der Waals surface area contributed by atoms with E-state index in [2.05, 4.69) is 10.3 Å². The van der Waals surface area contributed by atoms with Gasteiger partial charge in [0, 0.05) is 6.54 Å². The van der Waals surface area contributed by atoms with Crippen LogP contribution in [0.5, 0.6) is 0 Å². The van der Waals surface area contributed by atoms with Crippen LogP contribution >= 0.6 is 0 Å². The average molecular weight is 345 g/mol. The van der Waals surface area contributed by atoms with Crippen LogP contribution in [0.25, 0.3) is 0 Å². The van der Waals surface area contributed by atoms with Crippen LogP contribution < -0.4 is 5.32 Å². The van der Waals surface area contributed by atoms with E-state index in [1.165, 1.54) is 6.20 Å². The molecule has 7 nitrogen and oxygen atoms in total. The molecule has 0 fully saturated rings. The Bertz CT molecular complexity index is 714. The lowest BCUT2D eigenvalue weighted by molar-refractivity contribution is -0.143. The van der Waals surface area contributed by atoms with Crippen LogP contribution in [0.2, 0.25) is 0 Å². The smallest absolute Gasteiger partial charge is 0.326 e. The number of carboxylic acid groups (broad SMARTS) is 2. The number of carbonyl (C=O) groups is 2. The predicted octanol–water partition coefficient (Wildman–Crippen LogP) is 2.15. The molecule has 2 unspecified atom stereocenters. The van der Waals surface area contributed by atoms with Gasteiger partial charge in [-0.2, -0.15) is 0 Å². The van der Waals surface area contributed by atoms with Crippen molar-refractivity contribution in [1.82, 2.24) is 14.9 Å². The van der Waals surface area contributed by atoms with Crippen LogP contribution in [0.4, 0.5) is 0 Å². The second-order valence-electron chi connectivity index (χ2n) is 6.07. The van der Waals surface area contributed by atoms with Gasteiger partial charge < -0.3 is 14.8 Å². The number of rotatable bonds is 9. The molecule has 1 aromatic carbocycles. The van der Waals surface area contributed by atoms with Gasteiger partial charge in [-0.1, -0.05) is 50.6 Å². The fourth-order valence-electron chi connectivity index (χ4n) is 2.66. The monoisotopic (exact) mass is 345 g/mol. The molecule has 0 spiro atoms. The van der Waals surface area contributed by atoms with Gasteiger partial charge in [0.1, 0.15) is 12.1 Å². The Hall–Kier alpha value is -2.67. The van der Waals surface area contributed by atoms with Gasteiger partial charge in [0.2, 0.25) is 0 Å². The van der Waals surface area contributed by atoms with Crippen molar-refractivity contribution in [2.24, 2.45) is 5.92 Å². The zero-order valence-corrected chi connectivity index (χ0v) is 14.3. The van der Waals surface area contributed by atoms with Crippen LogP contribution in [0, 0.1) is 5.92 Å². The normalized spacial score (nSPS) is 14.6. The molecule has 0 radical (unpaired) electrons. The molecule has 0 saturated carbocycles. The SMILES string of the molecule is CCC(C)C(N[C@H](C(=O)O)c1cncn1Cc1ccccc1)C(=O)O. The molecule has 0 saturated heterocycles. The lowest BCUT2D eigenvalue weighted by Gasteiger charge is -2.25. The van der Waals surface area contributed by atoms with Crippen molar-refractivity contribution < 1.29 is 19.8 Å². The van der Waals surface area contributed by atoms with E-state index in [1.54, 1.807) is 17.8 Å². The van der Waals surface area contributed by atoms with Crippen LogP contribution in [-0.2, 0) is 16.1 Å². The van der Waals surface area contributed by atoms with Gasteiger partial charge in [-0.15, -0.1) is 0 Å². The Labute approximate surface area is 146 Å². The van der Waals surface area contributed by atoms with Crippen LogP contribution in [0.15, 0.2) is 42.9 Å². The maximum atomic E-state index is 11.8. The summed E-state index contributed by atoms with van der Waals surface area (Å²) in [6.45, 7) is 4.12. The van der Waals surface area contributed by atoms with Gasteiger partial charge >= 0.3 is 11.9 Å². The second-order valence-corrected chi connectivity index (χ2v) is 6.07. The Morgan fingerprint density at radius 1 is 1.20 bits per heavy atom. The lowest BCUT2D eigenvalue weighted by Crippen LogP contribution is -2.46. The molecule has 0 aliphatic carbocycles. The second kappa shape index (κ2) is 8.43. The van der Waals surface area contributed by atoms with Crippen molar-refractivity contribution in [3.8, 4) is 0 Å². The van der Waals surface area contributed by atoms with Gasteiger partial charge in [-0.25, -0.2) is 4.98 Å². The molecule has 0 aliphatic heterocycles. The minimum Gasteiger partial charge on any atom is -0.480 e. The summed E-state index contributed by atoms with van der Waals surface area (Å²) < 4.78 is 1.72. The van der Waals surface area contributed by atoms with E-state index < -0.39 is 24.0 Å². The number of benzene rings is 1. The van der Waals surface area contributed by atoms with Crippen LogP contribution in [0.1, 0.15) is 37.6 Å². The number of aromatic nitrogens is 2. The van der Waals surface area contributed by atoms with Gasteiger partial charge in [0.15, 0.2) is 0 Å². The molecule has 0 amide bonds. The zero-order chi connectivity index (χ0) is 18.4. The fourth-order valence-corrected chi connectivity index (χ4v) is 2.66. The maximum absolute atomic E-state index is 11.8. The van der Waals surface area contributed by atoms with Crippen molar-refractivity contribution in [3.63, 3.8) is 0 Å². The highest BCUT2D eigenvalue weighted by molar-refractivity contribution is 5.78. The van der Waals surface area contributed by atoms with Crippen molar-refractivity contribution in [2.75, 3.05) is 0 Å². The first-order valence-corrected chi connectivity index (χ1v) is 8.19. The first kappa shape index (κ1) is 18.7. The van der Waals surface area contributed by atoms with Crippen molar-refractivity contribution in [2.45, 2.75) is 38.9 Å². The molecule has 0 bridgehead atoms. The van der Waals surface area contributed by atoms with E-state index in [4.69, 9.17) is 0 Å². The number of carboxylic acids is 2. The molecule has 7 heteroatoms. The molecule has 3 atom stereocenters. The topological polar surface area (TPSA) is 104 Å². The highest BCUT2D eigenvalue weighted by atomic mass is 16.4. The number of nitrogens with zero attached hydrogens (tertiary/aromatic N) is 2. The minimum absolute atomic E-state index is 0.204. The van der Waals surface area contributed by atoms with Crippen molar-refractivity contribution >= 4 is 11.9 Å². The summed E-state index contributed by atoms with van der Waals surface area (Å²) in [7, 11) is 0. The number of hydrogen-bond donors (Lipinski definition) is 3. The molecular formula is C18H23N3O4. The lowest BCUT2D eigenvalue weighted by atomic mass is 9.98. The van der Waals surface area contributed by atoms with Crippen molar-refractivity contribution in [1.29, 1.82) is 0 Å². The maximum Gasteiger partial charge on any atom is 0.326 e. The molecule has 3 N–H and O–H groups in total. The first-order valence-electron chi connectivity index (χ1n) is 8.19. The highest BCUT2D eigenvalue weighted by Crippen LogP contribution is 2.19. The Kier molecular flexibility index (Phi) is 6.30. The van der Waals surface area contributed by atoms with Crippen LogP contribution in [0.3, 0.4) is 0 Å². The summed E-state index contributed by atoms with van der Waals surface area (Å²) in [4.78, 5) is 27.4. The van der Waals surface area contributed by atoms with Crippen LogP contribution in [-0.4, -0.2) is 37.7 Å². The Balaban J connectivity index is 2.28. The van der Waals surface area contributed by atoms with Gasteiger partial charge in [0.05, 0.1) is 18.2 Å². The van der Waals surface area contributed by atoms with E-state index >= 15 is 0 Å². The molecule has 1 aromatic heterocycles. The highest BCUT2D eigenvalue weighted by Gasteiger charge is 2.32. The van der Waals surface area contributed by atoms with E-state index in [9.17, 15) is 19.8 Å². The largest absolute Gasteiger partial charge is 0.480 e. The molecule has 0 aliphatic rings. The third-order valence-corrected chi connectivity index (χ3v) is 4.31. The van der Waals surface area contributed by atoms with Gasteiger partial charge in [-0.3, -0.25) is 14.9 Å². The summed E-state index contributed by atoms with van der Waals surface area (Å²) in [5.74, 6) is -2.40. The molecule has 1 heterocycles. The zero-order valence-electron chi connectivity index (χ0n) is 14.3. The fraction of sp³-hybridized carbons (Fsp3) is 0.389. The van der Waals surface area contributed by atoms with E-state index in [1.807, 2.05) is 37.3 Å². The summed E-state index contributed by atoms with van der Waals surface area (Å²) in [6.07, 6.45) is 3.64. The average Bonchev–Trinajstić information content (AvgIpc) is 3.03. The third-order valence-electron chi connectivity index (χ3n) is 4.31. The van der Waals surface area contributed by atoms with E-state index in [-0.39, 0.29) is 5.92 Å². The number of imidazole rings is 1. The van der Waals surface area contributed by atoms with Crippen molar-refractivity contribution in [3.05, 3.63) is 54.1 Å². The molecule has 134 valence electrons. The quantitative estimate of drug-likeness (QED) is 0.643. The first-order chi connectivity index (χ1) is 11.9. The van der Waals surface area contributed by atoms with Gasteiger partial charge in [-0.05, 0) is 11.5 Å². The Morgan fingerprint density at radius 2 is 1.88 bits per heavy atom. The summed E-state index contributed by atoms with van der Waals surface area (Å²) >= 11 is 0. The third kappa shape index (κ3) is 4.67.